The van der Waals surface area contributed by atoms with Crippen LogP contribution in [0.4, 0.5) is 0 Å². The van der Waals surface area contributed by atoms with Crippen LogP contribution in [0, 0.1) is 5.92 Å². The zero-order valence-corrected chi connectivity index (χ0v) is 9.36. The molecule has 2 atom stereocenters. The van der Waals surface area contributed by atoms with Gasteiger partial charge in [0.15, 0.2) is 0 Å². The summed E-state index contributed by atoms with van der Waals surface area (Å²) in [5.41, 5.74) is 0. The van der Waals surface area contributed by atoms with Crippen molar-refractivity contribution in [1.82, 2.24) is 0 Å². The number of esters is 1. The highest BCUT2D eigenvalue weighted by atomic mass is 16.5. The molecule has 0 N–H and O–H groups in total. The summed E-state index contributed by atoms with van der Waals surface area (Å²) in [4.78, 5) is 22.3. The lowest BCUT2D eigenvalue weighted by Crippen LogP contribution is -2.22. The van der Waals surface area contributed by atoms with Gasteiger partial charge in [-0.1, -0.05) is 25.5 Å². The van der Waals surface area contributed by atoms with E-state index in [0.717, 1.165) is 12.8 Å². The van der Waals surface area contributed by atoms with E-state index in [-0.39, 0.29) is 23.8 Å². The lowest BCUT2D eigenvalue weighted by Gasteiger charge is -2.14. The van der Waals surface area contributed by atoms with E-state index in [1.54, 1.807) is 0 Å². The summed E-state index contributed by atoms with van der Waals surface area (Å²) in [6, 6.07) is 0. The standard InChI is InChI=1S/C12H18O3/c1-3-4-5-6-10-11(14)7-8-12(10)15-9(2)13/h5-6,10,12H,3-4,7-8H2,1-2H3/b6-5+. The summed E-state index contributed by atoms with van der Waals surface area (Å²) >= 11 is 0. The lowest BCUT2D eigenvalue weighted by atomic mass is 10.0. The van der Waals surface area contributed by atoms with Gasteiger partial charge >= 0.3 is 5.97 Å². The SMILES string of the molecule is CCC/C=C/C1C(=O)CCC1OC(C)=O. The van der Waals surface area contributed by atoms with E-state index in [2.05, 4.69) is 6.92 Å². The average molecular weight is 210 g/mol. The highest BCUT2D eigenvalue weighted by molar-refractivity contribution is 5.86. The average Bonchev–Trinajstić information content (AvgIpc) is 2.49. The molecule has 1 rings (SSSR count). The van der Waals surface area contributed by atoms with Gasteiger partial charge in [0.2, 0.25) is 0 Å². The second-order valence-electron chi connectivity index (χ2n) is 3.90. The van der Waals surface area contributed by atoms with Gasteiger partial charge < -0.3 is 4.74 Å². The molecule has 0 heterocycles. The summed E-state index contributed by atoms with van der Waals surface area (Å²) in [5, 5.41) is 0. The second kappa shape index (κ2) is 5.69. The number of Topliss-reactive ketones (excluding diaryl/α,β-unsaturated/α-hetero) is 1. The van der Waals surface area contributed by atoms with Crippen LogP contribution in [-0.2, 0) is 14.3 Å². The molecule has 1 aliphatic rings. The Hall–Kier alpha value is -1.12. The van der Waals surface area contributed by atoms with Gasteiger partial charge in [-0.2, -0.15) is 0 Å². The van der Waals surface area contributed by atoms with Crippen LogP contribution in [0.5, 0.6) is 0 Å². The minimum absolute atomic E-state index is 0.189. The monoisotopic (exact) mass is 210 g/mol. The molecule has 1 fully saturated rings. The van der Waals surface area contributed by atoms with Gasteiger partial charge in [-0.05, 0) is 12.8 Å². The van der Waals surface area contributed by atoms with Crippen LogP contribution in [0.15, 0.2) is 12.2 Å². The Morgan fingerprint density at radius 3 is 2.93 bits per heavy atom. The third-order valence-electron chi connectivity index (χ3n) is 2.56. The number of ether oxygens (including phenoxy) is 1. The molecule has 1 saturated carbocycles. The molecule has 0 bridgehead atoms. The maximum absolute atomic E-state index is 11.5. The van der Waals surface area contributed by atoms with E-state index >= 15 is 0 Å². The smallest absolute Gasteiger partial charge is 0.302 e. The van der Waals surface area contributed by atoms with Crippen molar-refractivity contribution in [3.05, 3.63) is 12.2 Å². The molecule has 0 aromatic rings. The Balaban J connectivity index is 2.56. The molecule has 3 heteroatoms. The second-order valence-corrected chi connectivity index (χ2v) is 3.90. The van der Waals surface area contributed by atoms with Crippen molar-refractivity contribution in [2.24, 2.45) is 5.92 Å². The Bertz CT molecular complexity index is 268. The predicted molar refractivity (Wildman–Crippen MR) is 57.3 cm³/mol. The molecule has 0 amide bonds. The van der Waals surface area contributed by atoms with Gasteiger partial charge in [0.1, 0.15) is 11.9 Å². The van der Waals surface area contributed by atoms with Gasteiger partial charge in [0.05, 0.1) is 5.92 Å². The summed E-state index contributed by atoms with van der Waals surface area (Å²) in [6.07, 6.45) is 6.89. The van der Waals surface area contributed by atoms with E-state index in [1.165, 1.54) is 6.92 Å². The molecule has 0 saturated heterocycles. The Morgan fingerprint density at radius 2 is 2.33 bits per heavy atom. The molecular weight excluding hydrogens is 192 g/mol. The first-order valence-electron chi connectivity index (χ1n) is 5.51. The van der Waals surface area contributed by atoms with Crippen LogP contribution >= 0.6 is 0 Å². The van der Waals surface area contributed by atoms with Crippen LogP contribution in [0.3, 0.4) is 0 Å². The van der Waals surface area contributed by atoms with E-state index in [0.29, 0.717) is 12.8 Å². The molecule has 0 spiro atoms. The maximum atomic E-state index is 11.5. The van der Waals surface area contributed by atoms with Crippen molar-refractivity contribution >= 4 is 11.8 Å². The first-order valence-corrected chi connectivity index (χ1v) is 5.51. The van der Waals surface area contributed by atoms with Crippen LogP contribution < -0.4 is 0 Å². The van der Waals surface area contributed by atoms with Gasteiger partial charge in [0, 0.05) is 13.3 Å². The van der Waals surface area contributed by atoms with E-state index in [4.69, 9.17) is 4.74 Å². The Kier molecular flexibility index (Phi) is 4.53. The van der Waals surface area contributed by atoms with Gasteiger partial charge in [-0.15, -0.1) is 0 Å². The highest BCUT2D eigenvalue weighted by Gasteiger charge is 2.34. The minimum atomic E-state index is -0.302. The largest absolute Gasteiger partial charge is 0.461 e. The van der Waals surface area contributed by atoms with Crippen molar-refractivity contribution in [3.8, 4) is 0 Å². The van der Waals surface area contributed by atoms with Crippen LogP contribution in [0.2, 0.25) is 0 Å². The van der Waals surface area contributed by atoms with Crippen molar-refractivity contribution in [1.29, 1.82) is 0 Å². The molecule has 1 aliphatic carbocycles. The van der Waals surface area contributed by atoms with Crippen molar-refractivity contribution < 1.29 is 14.3 Å². The molecule has 0 aromatic heterocycles. The van der Waals surface area contributed by atoms with Crippen molar-refractivity contribution in [2.75, 3.05) is 0 Å². The van der Waals surface area contributed by atoms with Crippen molar-refractivity contribution in [3.63, 3.8) is 0 Å². The first kappa shape index (κ1) is 12.0. The molecule has 2 unspecified atom stereocenters. The molecule has 0 aliphatic heterocycles. The molecule has 84 valence electrons. The van der Waals surface area contributed by atoms with Gasteiger partial charge in [0.25, 0.3) is 0 Å². The minimum Gasteiger partial charge on any atom is -0.461 e. The fourth-order valence-electron chi connectivity index (χ4n) is 1.82. The number of unbranched alkanes of at least 4 members (excludes halogenated alkanes) is 1. The fourth-order valence-corrected chi connectivity index (χ4v) is 1.82. The number of hydrogen-bond acceptors (Lipinski definition) is 3. The third kappa shape index (κ3) is 3.50. The highest BCUT2D eigenvalue weighted by Crippen LogP contribution is 2.26. The Labute approximate surface area is 90.5 Å². The predicted octanol–water partition coefficient (Wildman–Crippen LogP) is 2.25. The van der Waals surface area contributed by atoms with E-state index in [9.17, 15) is 9.59 Å². The summed E-state index contributed by atoms with van der Waals surface area (Å²) in [5.74, 6) is -0.322. The van der Waals surface area contributed by atoms with E-state index in [1.807, 2.05) is 12.2 Å². The number of hydrogen-bond donors (Lipinski definition) is 0. The zero-order valence-electron chi connectivity index (χ0n) is 9.36. The molecule has 3 nitrogen and oxygen atoms in total. The molecule has 0 aromatic carbocycles. The molecule has 15 heavy (non-hydrogen) atoms. The number of rotatable bonds is 4. The van der Waals surface area contributed by atoms with Crippen molar-refractivity contribution in [2.45, 2.75) is 45.6 Å². The van der Waals surface area contributed by atoms with E-state index < -0.39 is 0 Å². The quantitative estimate of drug-likeness (QED) is 0.528. The number of carbonyl (C=O) groups is 2. The van der Waals surface area contributed by atoms with Crippen LogP contribution in [0.1, 0.15) is 39.5 Å². The Morgan fingerprint density at radius 1 is 1.60 bits per heavy atom. The first-order chi connectivity index (χ1) is 7.15. The van der Waals surface area contributed by atoms with Crippen LogP contribution in [0.25, 0.3) is 0 Å². The number of ketones is 1. The summed E-state index contributed by atoms with van der Waals surface area (Å²) in [7, 11) is 0. The maximum Gasteiger partial charge on any atom is 0.302 e. The third-order valence-corrected chi connectivity index (χ3v) is 2.56. The summed E-state index contributed by atoms with van der Waals surface area (Å²) < 4.78 is 5.11. The number of allylic oxidation sites excluding steroid dienone is 1. The zero-order chi connectivity index (χ0) is 11.3. The number of carbonyl (C=O) groups excluding carboxylic acids is 2. The van der Waals surface area contributed by atoms with Gasteiger partial charge in [-0.25, -0.2) is 0 Å². The molecule has 0 radical (unpaired) electrons. The normalized spacial score (nSPS) is 26.1. The molecular formula is C12H18O3. The summed E-state index contributed by atoms with van der Waals surface area (Å²) in [6.45, 7) is 3.47. The fraction of sp³-hybridized carbons (Fsp3) is 0.667. The lowest BCUT2D eigenvalue weighted by molar-refractivity contribution is -0.147. The topological polar surface area (TPSA) is 43.4 Å². The van der Waals surface area contributed by atoms with Crippen LogP contribution in [-0.4, -0.2) is 17.9 Å². The van der Waals surface area contributed by atoms with Gasteiger partial charge in [-0.3, -0.25) is 9.59 Å².